The molecule has 1 rings (SSSR count). The first-order valence-electron chi connectivity index (χ1n) is 6.55. The zero-order chi connectivity index (χ0) is 18.0. The number of phenols is 1. The van der Waals surface area contributed by atoms with Crippen molar-refractivity contribution in [1.29, 1.82) is 0 Å². The van der Waals surface area contributed by atoms with Gasteiger partial charge < -0.3 is 10.2 Å². The SMILES string of the molecule is CC[C@H](C)[C@H](NS(=O)(=O)c1cc(C(F)(F)F)ccc1O)C(=O)O. The highest BCUT2D eigenvalue weighted by Crippen LogP contribution is 2.34. The summed E-state index contributed by atoms with van der Waals surface area (Å²) in [6.45, 7) is 3.12. The molecule has 0 amide bonds. The summed E-state index contributed by atoms with van der Waals surface area (Å²) < 4.78 is 64.2. The number of aliphatic carboxylic acids is 1. The molecule has 130 valence electrons. The Morgan fingerprint density at radius 3 is 2.35 bits per heavy atom. The summed E-state index contributed by atoms with van der Waals surface area (Å²) in [5, 5.41) is 18.6. The minimum atomic E-state index is -4.80. The zero-order valence-electron chi connectivity index (χ0n) is 12.3. The number of carboxylic acids is 1. The Morgan fingerprint density at radius 2 is 1.91 bits per heavy atom. The molecule has 0 saturated heterocycles. The van der Waals surface area contributed by atoms with Crippen LogP contribution in [0.4, 0.5) is 13.2 Å². The van der Waals surface area contributed by atoms with Crippen LogP contribution in [-0.2, 0) is 21.0 Å². The average molecular weight is 355 g/mol. The van der Waals surface area contributed by atoms with Crippen molar-refractivity contribution < 1.29 is 36.6 Å². The number of aromatic hydroxyl groups is 1. The van der Waals surface area contributed by atoms with Gasteiger partial charge in [0, 0.05) is 0 Å². The monoisotopic (exact) mass is 355 g/mol. The van der Waals surface area contributed by atoms with Crippen molar-refractivity contribution in [2.75, 3.05) is 0 Å². The molecule has 0 aliphatic carbocycles. The molecule has 0 saturated carbocycles. The number of alkyl halides is 3. The number of nitrogens with one attached hydrogen (secondary N) is 1. The minimum Gasteiger partial charge on any atom is -0.507 e. The van der Waals surface area contributed by atoms with Crippen LogP contribution in [0, 0.1) is 5.92 Å². The van der Waals surface area contributed by atoms with Gasteiger partial charge in [-0.2, -0.15) is 17.9 Å². The lowest BCUT2D eigenvalue weighted by Gasteiger charge is -2.20. The molecule has 0 bridgehead atoms. The number of rotatable bonds is 6. The molecule has 0 heterocycles. The number of benzene rings is 1. The molecule has 2 atom stereocenters. The first-order chi connectivity index (χ1) is 10.4. The van der Waals surface area contributed by atoms with Crippen molar-refractivity contribution in [3.8, 4) is 5.75 Å². The number of hydrogen-bond acceptors (Lipinski definition) is 4. The Hall–Kier alpha value is -1.81. The van der Waals surface area contributed by atoms with Gasteiger partial charge in [-0.25, -0.2) is 8.42 Å². The Morgan fingerprint density at radius 1 is 1.35 bits per heavy atom. The van der Waals surface area contributed by atoms with E-state index in [1.807, 2.05) is 4.72 Å². The minimum absolute atomic E-state index is 0.257. The third-order valence-corrected chi connectivity index (χ3v) is 4.81. The highest BCUT2D eigenvalue weighted by Gasteiger charge is 2.35. The molecule has 0 fully saturated rings. The van der Waals surface area contributed by atoms with Gasteiger partial charge in [0.2, 0.25) is 10.0 Å². The second-order valence-electron chi connectivity index (χ2n) is 5.00. The first kappa shape index (κ1) is 19.2. The molecule has 6 nitrogen and oxygen atoms in total. The Balaban J connectivity index is 3.30. The van der Waals surface area contributed by atoms with Gasteiger partial charge in [-0.05, 0) is 24.1 Å². The summed E-state index contributed by atoms with van der Waals surface area (Å²) in [7, 11) is -4.65. The van der Waals surface area contributed by atoms with E-state index in [-0.39, 0.29) is 6.07 Å². The summed E-state index contributed by atoms with van der Waals surface area (Å²) in [6.07, 6.45) is -4.48. The second kappa shape index (κ2) is 6.75. The fraction of sp³-hybridized carbons (Fsp3) is 0.462. The van der Waals surface area contributed by atoms with E-state index in [0.29, 0.717) is 18.6 Å². The van der Waals surface area contributed by atoms with E-state index < -0.39 is 50.3 Å². The van der Waals surface area contributed by atoms with Crippen LogP contribution < -0.4 is 4.72 Å². The van der Waals surface area contributed by atoms with Crippen LogP contribution in [0.1, 0.15) is 25.8 Å². The number of hydrogen-bond donors (Lipinski definition) is 3. The van der Waals surface area contributed by atoms with Crippen molar-refractivity contribution in [3.05, 3.63) is 23.8 Å². The molecule has 1 aromatic carbocycles. The standard InChI is InChI=1S/C13H16F3NO5S/c1-3-7(2)11(12(19)20)17-23(21,22)10-6-8(13(14,15)16)4-5-9(10)18/h4-7,11,17-18H,3H2,1-2H3,(H,19,20)/t7-,11-/m0/s1. The van der Waals surface area contributed by atoms with E-state index >= 15 is 0 Å². The van der Waals surface area contributed by atoms with Crippen molar-refractivity contribution >= 4 is 16.0 Å². The smallest absolute Gasteiger partial charge is 0.416 e. The van der Waals surface area contributed by atoms with Gasteiger partial charge in [-0.15, -0.1) is 0 Å². The van der Waals surface area contributed by atoms with Crippen LogP contribution in [0.15, 0.2) is 23.1 Å². The van der Waals surface area contributed by atoms with E-state index in [4.69, 9.17) is 5.11 Å². The number of carbonyl (C=O) groups is 1. The van der Waals surface area contributed by atoms with Crippen molar-refractivity contribution in [1.82, 2.24) is 4.72 Å². The summed E-state index contributed by atoms with van der Waals surface area (Å²) >= 11 is 0. The predicted molar refractivity (Wildman–Crippen MR) is 74.3 cm³/mol. The number of sulfonamides is 1. The molecule has 0 aliphatic rings. The van der Waals surface area contributed by atoms with Gasteiger partial charge in [0.1, 0.15) is 16.7 Å². The highest BCUT2D eigenvalue weighted by atomic mass is 32.2. The maximum Gasteiger partial charge on any atom is 0.416 e. The largest absolute Gasteiger partial charge is 0.507 e. The maximum atomic E-state index is 12.7. The third-order valence-electron chi connectivity index (χ3n) is 3.34. The van der Waals surface area contributed by atoms with Crippen LogP contribution in [0.5, 0.6) is 5.75 Å². The lowest BCUT2D eigenvalue weighted by atomic mass is 10.0. The maximum absolute atomic E-state index is 12.7. The normalized spacial score (nSPS) is 15.2. The molecule has 0 unspecified atom stereocenters. The summed E-state index contributed by atoms with van der Waals surface area (Å²) in [6, 6.07) is -0.152. The lowest BCUT2D eigenvalue weighted by molar-refractivity contribution is -0.140. The summed E-state index contributed by atoms with van der Waals surface area (Å²) in [4.78, 5) is 10.1. The lowest BCUT2D eigenvalue weighted by Crippen LogP contribution is -2.44. The molecule has 1 aromatic rings. The van der Waals surface area contributed by atoms with Gasteiger partial charge in [0.05, 0.1) is 5.56 Å². The molecular formula is C13H16F3NO5S. The second-order valence-corrected chi connectivity index (χ2v) is 6.69. The molecule has 0 aromatic heterocycles. The summed E-state index contributed by atoms with van der Waals surface area (Å²) in [5.41, 5.74) is -1.27. The molecule has 3 N–H and O–H groups in total. The Labute approximate surface area is 131 Å². The fourth-order valence-corrected chi connectivity index (χ4v) is 3.20. The van der Waals surface area contributed by atoms with Crippen LogP contribution in [0.25, 0.3) is 0 Å². The van der Waals surface area contributed by atoms with Gasteiger partial charge >= 0.3 is 12.1 Å². The Bertz CT molecular complexity index is 687. The van der Waals surface area contributed by atoms with E-state index in [9.17, 15) is 31.5 Å². The van der Waals surface area contributed by atoms with E-state index in [2.05, 4.69) is 0 Å². The topological polar surface area (TPSA) is 104 Å². The van der Waals surface area contributed by atoms with Crippen LogP contribution in [-0.4, -0.2) is 30.6 Å². The van der Waals surface area contributed by atoms with Crippen molar-refractivity contribution in [2.24, 2.45) is 5.92 Å². The first-order valence-corrected chi connectivity index (χ1v) is 8.03. The summed E-state index contributed by atoms with van der Waals surface area (Å²) in [5.74, 6) is -2.97. The molecule has 0 radical (unpaired) electrons. The molecule has 10 heteroatoms. The third kappa shape index (κ3) is 4.58. The van der Waals surface area contributed by atoms with E-state index in [1.165, 1.54) is 6.92 Å². The number of phenolic OH excluding ortho intramolecular Hbond substituents is 1. The van der Waals surface area contributed by atoms with Gasteiger partial charge in [-0.1, -0.05) is 20.3 Å². The van der Waals surface area contributed by atoms with Crippen molar-refractivity contribution in [3.63, 3.8) is 0 Å². The van der Waals surface area contributed by atoms with Gasteiger partial charge in [0.25, 0.3) is 0 Å². The molecule has 0 aliphatic heterocycles. The Kier molecular flexibility index (Phi) is 5.65. The molecular weight excluding hydrogens is 339 g/mol. The van der Waals surface area contributed by atoms with E-state index in [1.54, 1.807) is 6.92 Å². The van der Waals surface area contributed by atoms with Crippen LogP contribution in [0.3, 0.4) is 0 Å². The zero-order valence-corrected chi connectivity index (χ0v) is 13.1. The van der Waals surface area contributed by atoms with Crippen molar-refractivity contribution in [2.45, 2.75) is 37.4 Å². The average Bonchev–Trinajstić information content (AvgIpc) is 2.42. The highest BCUT2D eigenvalue weighted by molar-refractivity contribution is 7.89. The predicted octanol–water partition coefficient (Wildman–Crippen LogP) is 2.19. The quantitative estimate of drug-likeness (QED) is 0.726. The van der Waals surface area contributed by atoms with Gasteiger partial charge in [0.15, 0.2) is 0 Å². The van der Waals surface area contributed by atoms with Crippen LogP contribution >= 0.6 is 0 Å². The number of halogens is 3. The fourth-order valence-electron chi connectivity index (χ4n) is 1.78. The molecule has 0 spiro atoms. The molecule has 23 heavy (non-hydrogen) atoms. The number of carboxylic acid groups (broad SMARTS) is 1. The van der Waals surface area contributed by atoms with Gasteiger partial charge in [-0.3, -0.25) is 4.79 Å². The van der Waals surface area contributed by atoms with E-state index in [0.717, 1.165) is 0 Å². The van der Waals surface area contributed by atoms with Crippen LogP contribution in [0.2, 0.25) is 0 Å².